The molecule has 1 amide bonds. The maximum atomic E-state index is 14.4. The average molecular weight is 499 g/mol. The lowest BCUT2D eigenvalue weighted by molar-refractivity contribution is 0.0472. The number of carbonyl (C=O) groups is 2. The van der Waals surface area contributed by atoms with E-state index in [1.807, 2.05) is 18.2 Å². The average Bonchev–Trinajstić information content (AvgIpc) is 2.89. The molecule has 1 N–H and O–H groups in total. The summed E-state index contributed by atoms with van der Waals surface area (Å²) in [5.41, 5.74) is 1.64. The number of morpholine rings is 1. The Kier molecular flexibility index (Phi) is 7.54. The van der Waals surface area contributed by atoms with Crippen LogP contribution in [0.15, 0.2) is 77.7 Å². The van der Waals surface area contributed by atoms with Gasteiger partial charge in [0.1, 0.15) is 17.3 Å². The zero-order chi connectivity index (χ0) is 24.8. The smallest absolute Gasteiger partial charge is 0.338 e. The van der Waals surface area contributed by atoms with Gasteiger partial charge in [0.05, 0.1) is 18.8 Å². The molecule has 0 unspecified atom stereocenters. The van der Waals surface area contributed by atoms with Crippen molar-refractivity contribution in [2.45, 2.75) is 11.5 Å². The molecule has 8 nitrogen and oxygen atoms in total. The second kappa shape index (κ2) is 10.8. The van der Waals surface area contributed by atoms with Crippen LogP contribution in [-0.2, 0) is 26.1 Å². The number of rotatable bonds is 7. The Hall–Kier alpha value is -3.60. The van der Waals surface area contributed by atoms with E-state index in [2.05, 4.69) is 5.32 Å². The molecule has 182 valence electrons. The first-order chi connectivity index (χ1) is 16.8. The first-order valence-electron chi connectivity index (χ1n) is 10.8. The third kappa shape index (κ3) is 5.91. The minimum Gasteiger partial charge on any atom is -0.457 e. The summed E-state index contributed by atoms with van der Waals surface area (Å²) in [5, 5.41) is 2.78. The van der Waals surface area contributed by atoms with E-state index in [9.17, 15) is 22.4 Å². The summed E-state index contributed by atoms with van der Waals surface area (Å²) in [6, 6.07) is 18.6. The van der Waals surface area contributed by atoms with E-state index < -0.39 is 26.7 Å². The Morgan fingerprint density at radius 3 is 2.29 bits per heavy atom. The van der Waals surface area contributed by atoms with Crippen LogP contribution in [0.1, 0.15) is 26.3 Å². The number of nitrogens with one attached hydrogen (secondary N) is 1. The molecule has 10 heteroatoms. The summed E-state index contributed by atoms with van der Waals surface area (Å²) in [6.07, 6.45) is 0. The molecule has 3 aromatic carbocycles. The fraction of sp³-hybridized carbons (Fsp3) is 0.200. The molecule has 0 bridgehead atoms. The summed E-state index contributed by atoms with van der Waals surface area (Å²) in [4.78, 5) is 24.3. The Morgan fingerprint density at radius 1 is 0.943 bits per heavy atom. The standard InChI is InChI=1S/C25H23FN2O6S/c26-22-11-10-20(16-23(22)35(31,32)28-12-14-33-15-13-28)25(30)34-17-18-6-8-19(9-7-18)24(29)27-21-4-2-1-3-5-21/h1-11,16H,12-15,17H2,(H,27,29). The highest BCUT2D eigenvalue weighted by molar-refractivity contribution is 7.89. The molecule has 0 spiro atoms. The second-order valence-corrected chi connectivity index (χ2v) is 9.66. The molecule has 0 saturated carbocycles. The lowest BCUT2D eigenvalue weighted by Crippen LogP contribution is -2.41. The van der Waals surface area contributed by atoms with E-state index in [1.54, 1.807) is 36.4 Å². The number of anilines is 1. The van der Waals surface area contributed by atoms with Crippen molar-refractivity contribution >= 4 is 27.6 Å². The van der Waals surface area contributed by atoms with E-state index in [-0.39, 0.29) is 44.4 Å². The van der Waals surface area contributed by atoms with Crippen molar-refractivity contribution in [3.8, 4) is 0 Å². The molecule has 1 heterocycles. The first kappa shape index (κ1) is 24.5. The summed E-state index contributed by atoms with van der Waals surface area (Å²) >= 11 is 0. The molecule has 0 aromatic heterocycles. The maximum absolute atomic E-state index is 14.4. The van der Waals surface area contributed by atoms with Crippen LogP contribution in [0.2, 0.25) is 0 Å². The van der Waals surface area contributed by atoms with Crippen molar-refractivity contribution in [3.63, 3.8) is 0 Å². The number of amides is 1. The minimum absolute atomic E-state index is 0.0860. The quantitative estimate of drug-likeness (QED) is 0.501. The largest absolute Gasteiger partial charge is 0.457 e. The first-order valence-corrected chi connectivity index (χ1v) is 12.3. The second-order valence-electron chi connectivity index (χ2n) is 7.75. The normalized spacial score (nSPS) is 14.3. The highest BCUT2D eigenvalue weighted by Crippen LogP contribution is 2.22. The summed E-state index contributed by atoms with van der Waals surface area (Å²) in [6.45, 7) is 0.540. The van der Waals surface area contributed by atoms with Gasteiger partial charge in [0.15, 0.2) is 0 Å². The van der Waals surface area contributed by atoms with E-state index >= 15 is 0 Å². The summed E-state index contributed by atoms with van der Waals surface area (Å²) in [5.74, 6) is -2.02. The van der Waals surface area contributed by atoms with Crippen molar-refractivity contribution < 1.29 is 31.9 Å². The molecule has 0 atom stereocenters. The number of carbonyl (C=O) groups excluding carboxylic acids is 2. The maximum Gasteiger partial charge on any atom is 0.338 e. The van der Waals surface area contributed by atoms with Gasteiger partial charge in [-0.2, -0.15) is 4.31 Å². The Labute approximate surface area is 202 Å². The van der Waals surface area contributed by atoms with Gasteiger partial charge in [0, 0.05) is 24.3 Å². The highest BCUT2D eigenvalue weighted by atomic mass is 32.2. The van der Waals surface area contributed by atoms with Crippen LogP contribution >= 0.6 is 0 Å². The molecule has 1 aliphatic heterocycles. The Bertz CT molecular complexity index is 1310. The summed E-state index contributed by atoms with van der Waals surface area (Å²) < 4.78 is 51.5. The number of hydrogen-bond donors (Lipinski definition) is 1. The molecular formula is C25H23FN2O6S. The highest BCUT2D eigenvalue weighted by Gasteiger charge is 2.30. The summed E-state index contributed by atoms with van der Waals surface area (Å²) in [7, 11) is -4.12. The number of esters is 1. The number of para-hydroxylation sites is 1. The van der Waals surface area contributed by atoms with Crippen LogP contribution in [-0.4, -0.2) is 50.9 Å². The zero-order valence-corrected chi connectivity index (χ0v) is 19.5. The number of halogens is 1. The monoisotopic (exact) mass is 498 g/mol. The van der Waals surface area contributed by atoms with Gasteiger partial charge < -0.3 is 14.8 Å². The fourth-order valence-electron chi connectivity index (χ4n) is 3.46. The molecule has 35 heavy (non-hydrogen) atoms. The van der Waals surface area contributed by atoms with Crippen LogP contribution in [0.4, 0.5) is 10.1 Å². The number of hydrogen-bond acceptors (Lipinski definition) is 6. The van der Waals surface area contributed by atoms with Crippen LogP contribution in [0, 0.1) is 5.82 Å². The van der Waals surface area contributed by atoms with Gasteiger partial charge >= 0.3 is 5.97 Å². The van der Waals surface area contributed by atoms with Crippen molar-refractivity contribution in [2.24, 2.45) is 0 Å². The molecule has 1 saturated heterocycles. The third-order valence-corrected chi connectivity index (χ3v) is 7.29. The lowest BCUT2D eigenvalue weighted by Gasteiger charge is -2.26. The number of sulfonamides is 1. The third-order valence-electron chi connectivity index (χ3n) is 5.37. The van der Waals surface area contributed by atoms with Gasteiger partial charge in [-0.3, -0.25) is 4.79 Å². The van der Waals surface area contributed by atoms with Crippen LogP contribution in [0.5, 0.6) is 0 Å². The van der Waals surface area contributed by atoms with Crippen molar-refractivity contribution in [1.82, 2.24) is 4.31 Å². The lowest BCUT2D eigenvalue weighted by atomic mass is 10.1. The van der Waals surface area contributed by atoms with Gasteiger partial charge in [-0.15, -0.1) is 0 Å². The van der Waals surface area contributed by atoms with Crippen LogP contribution in [0.3, 0.4) is 0 Å². The number of benzene rings is 3. The molecule has 1 aliphatic rings. The van der Waals surface area contributed by atoms with E-state index in [0.29, 0.717) is 16.8 Å². The predicted octanol–water partition coefficient (Wildman–Crippen LogP) is 3.46. The SMILES string of the molecule is O=C(Nc1ccccc1)c1ccc(COC(=O)c2ccc(F)c(S(=O)(=O)N3CCOCC3)c2)cc1. The molecule has 0 radical (unpaired) electrons. The minimum atomic E-state index is -4.12. The van der Waals surface area contributed by atoms with Crippen LogP contribution in [0.25, 0.3) is 0 Å². The van der Waals surface area contributed by atoms with Gasteiger partial charge in [-0.1, -0.05) is 30.3 Å². The number of nitrogens with zero attached hydrogens (tertiary/aromatic N) is 1. The van der Waals surface area contributed by atoms with Gasteiger partial charge in [-0.05, 0) is 48.0 Å². The van der Waals surface area contributed by atoms with Crippen molar-refractivity contribution in [3.05, 3.63) is 95.3 Å². The van der Waals surface area contributed by atoms with Crippen molar-refractivity contribution in [2.75, 3.05) is 31.6 Å². The Balaban J connectivity index is 1.39. The molecule has 1 fully saturated rings. The molecule has 0 aliphatic carbocycles. The zero-order valence-electron chi connectivity index (χ0n) is 18.6. The van der Waals surface area contributed by atoms with Gasteiger partial charge in [0.25, 0.3) is 5.91 Å². The molecule has 4 rings (SSSR count). The predicted molar refractivity (Wildman–Crippen MR) is 126 cm³/mol. The van der Waals surface area contributed by atoms with Crippen LogP contribution < -0.4 is 5.32 Å². The Morgan fingerprint density at radius 2 is 1.60 bits per heavy atom. The fourth-order valence-corrected chi connectivity index (χ4v) is 4.96. The molecular weight excluding hydrogens is 475 g/mol. The van der Waals surface area contributed by atoms with E-state index in [4.69, 9.17) is 9.47 Å². The van der Waals surface area contributed by atoms with Gasteiger partial charge in [-0.25, -0.2) is 17.6 Å². The van der Waals surface area contributed by atoms with Gasteiger partial charge in [0.2, 0.25) is 10.0 Å². The topological polar surface area (TPSA) is 102 Å². The van der Waals surface area contributed by atoms with E-state index in [0.717, 1.165) is 16.4 Å². The van der Waals surface area contributed by atoms with E-state index in [1.165, 1.54) is 6.07 Å². The van der Waals surface area contributed by atoms with Crippen molar-refractivity contribution in [1.29, 1.82) is 0 Å². The number of ether oxygens (including phenoxy) is 2. The molecule has 3 aromatic rings.